The number of halogens is 1. The summed E-state index contributed by atoms with van der Waals surface area (Å²) in [6.07, 6.45) is -0.113. The average Bonchev–Trinajstić information content (AvgIpc) is 2.62. The van der Waals surface area contributed by atoms with Gasteiger partial charge in [-0.1, -0.05) is 23.4 Å². The van der Waals surface area contributed by atoms with Crippen LogP contribution >= 0.6 is 34.7 Å². The summed E-state index contributed by atoms with van der Waals surface area (Å²) in [6.45, 7) is 7.68. The number of carbonyl (C=O) groups excluding carboxylic acids is 1. The molecule has 108 valence electrons. The van der Waals surface area contributed by atoms with E-state index < -0.39 is 0 Å². The molecule has 0 spiro atoms. The van der Waals surface area contributed by atoms with Crippen LogP contribution in [0.2, 0.25) is 5.15 Å². The molecule has 0 amide bonds. The molecule has 20 heavy (non-hydrogen) atoms. The van der Waals surface area contributed by atoms with Crippen LogP contribution in [0.15, 0.2) is 5.16 Å². The molecule has 0 aromatic carbocycles. The van der Waals surface area contributed by atoms with Crippen LogP contribution in [-0.2, 0) is 9.53 Å². The quantitative estimate of drug-likeness (QED) is 0.367. The highest BCUT2D eigenvalue weighted by atomic mass is 35.5. The second-order valence-electron chi connectivity index (χ2n) is 4.59. The monoisotopic (exact) mass is 330 g/mol. The highest BCUT2D eigenvalue weighted by Crippen LogP contribution is 2.34. The minimum absolute atomic E-state index is 0.113. The fourth-order valence-corrected chi connectivity index (χ4v) is 3.80. The zero-order valence-electron chi connectivity index (χ0n) is 11.7. The Kier molecular flexibility index (Phi) is 4.88. The van der Waals surface area contributed by atoms with E-state index in [1.165, 1.54) is 16.6 Å². The summed E-state index contributed by atoms with van der Waals surface area (Å²) in [5.41, 5.74) is 1.12. The maximum absolute atomic E-state index is 11.5. The van der Waals surface area contributed by atoms with Crippen molar-refractivity contribution in [2.24, 2.45) is 0 Å². The summed E-state index contributed by atoms with van der Waals surface area (Å²) in [6, 6.07) is 0. The Morgan fingerprint density at radius 2 is 2.10 bits per heavy atom. The standard InChI is InChI=1S/C13H15ClN2O2S2/c1-6(2)18-9(17)5-19-13-15-11(14)10-7(3)8(4)20-12(10)16-13/h6H,5H2,1-4H3. The smallest absolute Gasteiger partial charge is 0.316 e. The van der Waals surface area contributed by atoms with E-state index in [1.54, 1.807) is 11.3 Å². The fourth-order valence-electron chi connectivity index (χ4n) is 1.67. The number of thiophene rings is 1. The van der Waals surface area contributed by atoms with Crippen LogP contribution in [0.25, 0.3) is 10.2 Å². The normalized spacial score (nSPS) is 11.3. The summed E-state index contributed by atoms with van der Waals surface area (Å²) in [5.74, 6) is -0.0908. The molecule has 0 radical (unpaired) electrons. The molecule has 2 aromatic heterocycles. The first-order valence-electron chi connectivity index (χ1n) is 6.14. The Morgan fingerprint density at radius 3 is 2.75 bits per heavy atom. The van der Waals surface area contributed by atoms with Crippen LogP contribution in [0.4, 0.5) is 0 Å². The third kappa shape index (κ3) is 3.42. The lowest BCUT2D eigenvalue weighted by molar-refractivity contribution is -0.144. The Bertz CT molecular complexity index is 655. The summed E-state index contributed by atoms with van der Waals surface area (Å²) in [7, 11) is 0. The number of hydrogen-bond acceptors (Lipinski definition) is 6. The van der Waals surface area contributed by atoms with E-state index in [4.69, 9.17) is 16.3 Å². The second kappa shape index (κ2) is 6.28. The third-order valence-electron chi connectivity index (χ3n) is 2.65. The van der Waals surface area contributed by atoms with Gasteiger partial charge >= 0.3 is 5.97 Å². The van der Waals surface area contributed by atoms with Crippen molar-refractivity contribution in [1.82, 2.24) is 9.97 Å². The number of aromatic nitrogens is 2. The SMILES string of the molecule is Cc1sc2nc(SCC(=O)OC(C)C)nc(Cl)c2c1C. The molecule has 7 heteroatoms. The zero-order chi connectivity index (χ0) is 14.9. The highest BCUT2D eigenvalue weighted by Gasteiger charge is 2.14. The predicted molar refractivity (Wildman–Crippen MR) is 83.9 cm³/mol. The molecule has 0 saturated carbocycles. The Morgan fingerprint density at radius 1 is 1.40 bits per heavy atom. The van der Waals surface area contributed by atoms with Gasteiger partial charge in [0.1, 0.15) is 9.98 Å². The van der Waals surface area contributed by atoms with Gasteiger partial charge in [-0.3, -0.25) is 4.79 Å². The van der Waals surface area contributed by atoms with Crippen molar-refractivity contribution in [1.29, 1.82) is 0 Å². The van der Waals surface area contributed by atoms with Gasteiger partial charge in [0, 0.05) is 4.88 Å². The van der Waals surface area contributed by atoms with Gasteiger partial charge in [0.2, 0.25) is 0 Å². The maximum atomic E-state index is 11.5. The van der Waals surface area contributed by atoms with Gasteiger partial charge < -0.3 is 4.74 Å². The van der Waals surface area contributed by atoms with E-state index in [-0.39, 0.29) is 17.8 Å². The minimum atomic E-state index is -0.275. The van der Waals surface area contributed by atoms with Gasteiger partial charge in [0.25, 0.3) is 0 Å². The van der Waals surface area contributed by atoms with Crippen LogP contribution in [0.5, 0.6) is 0 Å². The van der Waals surface area contributed by atoms with Crippen molar-refractivity contribution in [2.45, 2.75) is 39.0 Å². The largest absolute Gasteiger partial charge is 0.462 e. The van der Waals surface area contributed by atoms with Crippen molar-refractivity contribution < 1.29 is 9.53 Å². The topological polar surface area (TPSA) is 52.1 Å². The van der Waals surface area contributed by atoms with E-state index in [2.05, 4.69) is 9.97 Å². The van der Waals surface area contributed by atoms with E-state index in [1.807, 2.05) is 27.7 Å². The second-order valence-corrected chi connectivity index (χ2v) is 7.09. The highest BCUT2D eigenvalue weighted by molar-refractivity contribution is 7.99. The number of ether oxygens (including phenoxy) is 1. The molecular weight excluding hydrogens is 316 g/mol. The zero-order valence-corrected chi connectivity index (χ0v) is 14.1. The first kappa shape index (κ1) is 15.5. The lowest BCUT2D eigenvalue weighted by atomic mass is 10.2. The van der Waals surface area contributed by atoms with Crippen LogP contribution in [0.3, 0.4) is 0 Å². The van der Waals surface area contributed by atoms with Crippen LogP contribution < -0.4 is 0 Å². The molecule has 0 N–H and O–H groups in total. The number of thioether (sulfide) groups is 1. The minimum Gasteiger partial charge on any atom is -0.462 e. The van der Waals surface area contributed by atoms with E-state index >= 15 is 0 Å². The van der Waals surface area contributed by atoms with E-state index in [0.29, 0.717) is 10.3 Å². The summed E-state index contributed by atoms with van der Waals surface area (Å²) in [4.78, 5) is 22.2. The molecule has 0 bridgehead atoms. The average molecular weight is 331 g/mol. The van der Waals surface area contributed by atoms with Gasteiger partial charge in [-0.25, -0.2) is 9.97 Å². The van der Waals surface area contributed by atoms with Crippen molar-refractivity contribution in [3.05, 3.63) is 15.6 Å². The molecule has 0 aliphatic rings. The maximum Gasteiger partial charge on any atom is 0.316 e. The van der Waals surface area contributed by atoms with Gasteiger partial charge in [-0.15, -0.1) is 11.3 Å². The number of aryl methyl sites for hydroxylation is 2. The summed E-state index contributed by atoms with van der Waals surface area (Å²) >= 11 is 9.03. The Balaban J connectivity index is 2.18. The van der Waals surface area contributed by atoms with Gasteiger partial charge in [-0.05, 0) is 33.3 Å². The molecule has 0 aliphatic carbocycles. The molecule has 0 saturated heterocycles. The molecular formula is C13H15ClN2O2S2. The number of nitrogens with zero attached hydrogens (tertiary/aromatic N) is 2. The lowest BCUT2D eigenvalue weighted by Crippen LogP contribution is -2.13. The third-order valence-corrected chi connectivity index (χ3v) is 4.85. The van der Waals surface area contributed by atoms with E-state index in [0.717, 1.165) is 15.8 Å². The fraction of sp³-hybridized carbons (Fsp3) is 0.462. The van der Waals surface area contributed by atoms with Crippen molar-refractivity contribution in [3.63, 3.8) is 0 Å². The Labute approximate surface area is 130 Å². The molecule has 0 unspecified atom stereocenters. The number of fused-ring (bicyclic) bond motifs is 1. The molecule has 4 nitrogen and oxygen atoms in total. The van der Waals surface area contributed by atoms with Crippen molar-refractivity contribution >= 4 is 50.9 Å². The molecule has 2 aromatic rings. The van der Waals surface area contributed by atoms with E-state index in [9.17, 15) is 4.79 Å². The molecule has 0 fully saturated rings. The number of carbonyl (C=O) groups is 1. The number of rotatable bonds is 4. The van der Waals surface area contributed by atoms with Gasteiger partial charge in [0.15, 0.2) is 5.16 Å². The first-order valence-corrected chi connectivity index (χ1v) is 8.32. The molecule has 2 rings (SSSR count). The lowest BCUT2D eigenvalue weighted by Gasteiger charge is -2.07. The molecule has 2 heterocycles. The van der Waals surface area contributed by atoms with Crippen molar-refractivity contribution in [2.75, 3.05) is 5.75 Å². The summed E-state index contributed by atoms with van der Waals surface area (Å²) < 4.78 is 5.07. The predicted octanol–water partition coefficient (Wildman–Crippen LogP) is 4.01. The Hall–Kier alpha value is -0.850. The number of esters is 1. The summed E-state index contributed by atoms with van der Waals surface area (Å²) in [5, 5.41) is 1.85. The molecule has 0 aliphatic heterocycles. The first-order chi connectivity index (χ1) is 9.38. The number of hydrogen-bond donors (Lipinski definition) is 0. The van der Waals surface area contributed by atoms with Crippen LogP contribution in [0.1, 0.15) is 24.3 Å². The van der Waals surface area contributed by atoms with Crippen LogP contribution in [0, 0.1) is 13.8 Å². The van der Waals surface area contributed by atoms with Gasteiger partial charge in [0.05, 0.1) is 17.2 Å². The van der Waals surface area contributed by atoms with Crippen molar-refractivity contribution in [3.8, 4) is 0 Å². The van der Waals surface area contributed by atoms with Gasteiger partial charge in [-0.2, -0.15) is 0 Å². The van der Waals surface area contributed by atoms with Crippen LogP contribution in [-0.4, -0.2) is 27.8 Å². The molecule has 0 atom stereocenters.